The first-order valence-electron chi connectivity index (χ1n) is 6.81. The topological polar surface area (TPSA) is 18.5 Å². The molecule has 0 unspecified atom stereocenters. The third-order valence-corrected chi connectivity index (χ3v) is 3.50. The molecule has 0 amide bonds. The van der Waals surface area contributed by atoms with Gasteiger partial charge in [0.2, 0.25) is 0 Å². The monoisotopic (exact) mass is 287 g/mol. The van der Waals surface area contributed by atoms with Gasteiger partial charge in [0.25, 0.3) is 0 Å². The molecule has 0 spiro atoms. The Morgan fingerprint density at radius 3 is 2.35 bits per heavy atom. The molecule has 1 aromatic rings. The van der Waals surface area contributed by atoms with Gasteiger partial charge in [-0.1, -0.05) is 0 Å². The van der Waals surface area contributed by atoms with Gasteiger partial charge >= 0.3 is 0 Å². The summed E-state index contributed by atoms with van der Waals surface area (Å²) < 4.78 is 39.1. The molecule has 112 valence electrons. The fourth-order valence-corrected chi connectivity index (χ4v) is 2.34. The van der Waals surface area contributed by atoms with Crippen LogP contribution in [0.5, 0.6) is 0 Å². The standard InChI is InChI=1S/C14H20F3N3/c1-19(6-7-20-4-2-18-3-5-20)10-11-8-12(15)14(17)13(16)9-11/h8-9,18H,2-7,10H2,1H3. The van der Waals surface area contributed by atoms with Crippen LogP contribution in [0, 0.1) is 17.5 Å². The van der Waals surface area contributed by atoms with Crippen LogP contribution in [-0.4, -0.2) is 56.1 Å². The zero-order valence-corrected chi connectivity index (χ0v) is 11.6. The Labute approximate surface area is 117 Å². The molecule has 3 nitrogen and oxygen atoms in total. The van der Waals surface area contributed by atoms with Crippen LogP contribution in [0.15, 0.2) is 12.1 Å². The van der Waals surface area contributed by atoms with E-state index in [0.717, 1.165) is 51.4 Å². The first-order valence-corrected chi connectivity index (χ1v) is 6.81. The molecule has 0 aromatic heterocycles. The smallest absolute Gasteiger partial charge is 0.194 e. The summed E-state index contributed by atoms with van der Waals surface area (Å²) in [5, 5.41) is 3.29. The molecule has 6 heteroatoms. The van der Waals surface area contributed by atoms with Gasteiger partial charge < -0.3 is 10.2 Å². The van der Waals surface area contributed by atoms with Crippen LogP contribution in [0.3, 0.4) is 0 Å². The molecule has 1 fully saturated rings. The van der Waals surface area contributed by atoms with Crippen molar-refractivity contribution in [3.05, 3.63) is 35.1 Å². The third kappa shape index (κ3) is 4.19. The zero-order chi connectivity index (χ0) is 14.5. The summed E-state index contributed by atoms with van der Waals surface area (Å²) in [5.41, 5.74) is 0.448. The zero-order valence-electron chi connectivity index (χ0n) is 11.6. The highest BCUT2D eigenvalue weighted by atomic mass is 19.2. The van der Waals surface area contributed by atoms with Crippen molar-refractivity contribution in [2.45, 2.75) is 6.54 Å². The van der Waals surface area contributed by atoms with Crippen molar-refractivity contribution < 1.29 is 13.2 Å². The van der Waals surface area contributed by atoms with Crippen molar-refractivity contribution in [3.8, 4) is 0 Å². The molecule has 1 heterocycles. The van der Waals surface area contributed by atoms with Crippen molar-refractivity contribution >= 4 is 0 Å². The van der Waals surface area contributed by atoms with Gasteiger partial charge in [-0.05, 0) is 24.7 Å². The molecule has 0 aliphatic carbocycles. The molecule has 20 heavy (non-hydrogen) atoms. The summed E-state index contributed by atoms with van der Waals surface area (Å²) in [4.78, 5) is 4.33. The SMILES string of the molecule is CN(CCN1CCNCC1)Cc1cc(F)c(F)c(F)c1. The molecule has 1 aliphatic rings. The Balaban J connectivity index is 1.83. The Hall–Kier alpha value is -1.11. The molecular formula is C14H20F3N3. The maximum absolute atomic E-state index is 13.1. The molecular weight excluding hydrogens is 267 g/mol. The van der Waals surface area contributed by atoms with E-state index in [-0.39, 0.29) is 0 Å². The van der Waals surface area contributed by atoms with E-state index in [2.05, 4.69) is 10.2 Å². The summed E-state index contributed by atoms with van der Waals surface area (Å²) in [7, 11) is 1.89. The van der Waals surface area contributed by atoms with Crippen LogP contribution in [0.1, 0.15) is 5.56 Å². The number of halogens is 3. The number of piperazine rings is 1. The van der Waals surface area contributed by atoms with Gasteiger partial charge in [0.15, 0.2) is 17.5 Å². The van der Waals surface area contributed by atoms with Crippen molar-refractivity contribution in [2.75, 3.05) is 46.3 Å². The minimum absolute atomic E-state index is 0.403. The van der Waals surface area contributed by atoms with Gasteiger partial charge in [0.1, 0.15) is 0 Å². The number of nitrogens with one attached hydrogen (secondary N) is 1. The first kappa shape index (κ1) is 15.3. The minimum Gasteiger partial charge on any atom is -0.314 e. The van der Waals surface area contributed by atoms with Gasteiger partial charge in [-0.2, -0.15) is 0 Å². The van der Waals surface area contributed by atoms with Gasteiger partial charge in [-0.15, -0.1) is 0 Å². The fourth-order valence-electron chi connectivity index (χ4n) is 2.34. The first-order chi connectivity index (χ1) is 9.56. The molecule has 0 saturated carbocycles. The largest absolute Gasteiger partial charge is 0.314 e. The van der Waals surface area contributed by atoms with Crippen LogP contribution >= 0.6 is 0 Å². The average molecular weight is 287 g/mol. The second-order valence-corrected chi connectivity index (χ2v) is 5.20. The normalized spacial score (nSPS) is 16.9. The number of hydrogen-bond donors (Lipinski definition) is 1. The summed E-state index contributed by atoms with van der Waals surface area (Å²) in [6.45, 7) is 6.17. The van der Waals surface area contributed by atoms with E-state index in [4.69, 9.17) is 0 Å². The second kappa shape index (κ2) is 7.06. The summed E-state index contributed by atoms with van der Waals surface area (Å²) in [5.74, 6) is -3.66. The number of benzene rings is 1. The Morgan fingerprint density at radius 2 is 1.75 bits per heavy atom. The third-order valence-electron chi connectivity index (χ3n) is 3.50. The summed E-state index contributed by atoms with van der Waals surface area (Å²) in [6, 6.07) is 2.11. The predicted octanol–water partition coefficient (Wildman–Crippen LogP) is 1.44. The van der Waals surface area contributed by atoms with Crippen molar-refractivity contribution in [3.63, 3.8) is 0 Å². The van der Waals surface area contributed by atoms with E-state index in [1.807, 2.05) is 11.9 Å². The molecule has 1 N–H and O–H groups in total. The lowest BCUT2D eigenvalue weighted by atomic mass is 10.2. The second-order valence-electron chi connectivity index (χ2n) is 5.20. The van der Waals surface area contributed by atoms with Crippen molar-refractivity contribution in [1.82, 2.24) is 15.1 Å². The molecule has 1 aliphatic heterocycles. The van der Waals surface area contributed by atoms with Crippen molar-refractivity contribution in [2.24, 2.45) is 0 Å². The maximum atomic E-state index is 13.1. The summed E-state index contributed by atoms with van der Waals surface area (Å²) in [6.07, 6.45) is 0. The van der Waals surface area contributed by atoms with E-state index in [0.29, 0.717) is 12.1 Å². The minimum atomic E-state index is -1.41. The quantitative estimate of drug-likeness (QED) is 0.827. The molecule has 2 rings (SSSR count). The highest BCUT2D eigenvalue weighted by Gasteiger charge is 2.13. The highest BCUT2D eigenvalue weighted by molar-refractivity contribution is 5.19. The number of rotatable bonds is 5. The van der Waals surface area contributed by atoms with Crippen LogP contribution in [0.4, 0.5) is 13.2 Å². The van der Waals surface area contributed by atoms with E-state index in [1.54, 1.807) is 0 Å². The Kier molecular flexibility index (Phi) is 5.39. The van der Waals surface area contributed by atoms with Gasteiger partial charge in [-0.3, -0.25) is 4.90 Å². The highest BCUT2D eigenvalue weighted by Crippen LogP contribution is 2.14. The van der Waals surface area contributed by atoms with Crippen LogP contribution in [-0.2, 0) is 6.54 Å². The Bertz CT molecular complexity index is 424. The fraction of sp³-hybridized carbons (Fsp3) is 0.571. The van der Waals surface area contributed by atoms with Crippen LogP contribution in [0.25, 0.3) is 0 Å². The maximum Gasteiger partial charge on any atom is 0.194 e. The molecule has 1 saturated heterocycles. The van der Waals surface area contributed by atoms with Crippen LogP contribution < -0.4 is 5.32 Å². The van der Waals surface area contributed by atoms with Gasteiger partial charge in [-0.25, -0.2) is 13.2 Å². The van der Waals surface area contributed by atoms with E-state index in [9.17, 15) is 13.2 Å². The van der Waals surface area contributed by atoms with Gasteiger partial charge in [0, 0.05) is 45.8 Å². The average Bonchev–Trinajstić information content (AvgIpc) is 2.43. The summed E-state index contributed by atoms with van der Waals surface area (Å²) >= 11 is 0. The lowest BCUT2D eigenvalue weighted by Crippen LogP contribution is -2.45. The lowest BCUT2D eigenvalue weighted by molar-refractivity contribution is 0.202. The Morgan fingerprint density at radius 1 is 1.15 bits per heavy atom. The predicted molar refractivity (Wildman–Crippen MR) is 72.0 cm³/mol. The van der Waals surface area contributed by atoms with Crippen LogP contribution in [0.2, 0.25) is 0 Å². The van der Waals surface area contributed by atoms with Crippen molar-refractivity contribution in [1.29, 1.82) is 0 Å². The number of likely N-dealkylation sites (N-methyl/N-ethyl adjacent to an activating group) is 1. The lowest BCUT2D eigenvalue weighted by Gasteiger charge is -2.29. The number of hydrogen-bond acceptors (Lipinski definition) is 3. The molecule has 1 aromatic carbocycles. The molecule has 0 atom stereocenters. The van der Waals surface area contributed by atoms with E-state index >= 15 is 0 Å². The number of nitrogens with zero attached hydrogens (tertiary/aromatic N) is 2. The van der Waals surface area contributed by atoms with Gasteiger partial charge in [0.05, 0.1) is 0 Å². The van der Waals surface area contributed by atoms with E-state index in [1.165, 1.54) is 0 Å². The van der Waals surface area contributed by atoms with E-state index < -0.39 is 17.5 Å². The molecule has 0 radical (unpaired) electrons. The molecule has 0 bridgehead atoms.